The minimum Gasteiger partial charge on any atom is -0.352 e. The van der Waals surface area contributed by atoms with E-state index in [-0.39, 0.29) is 11.8 Å². The fourth-order valence-corrected chi connectivity index (χ4v) is 2.61. The zero-order chi connectivity index (χ0) is 15.9. The van der Waals surface area contributed by atoms with Gasteiger partial charge in [-0.2, -0.15) is 0 Å². The zero-order valence-electron chi connectivity index (χ0n) is 13.4. The Morgan fingerprint density at radius 2 is 2.14 bits per heavy atom. The van der Waals surface area contributed by atoms with Gasteiger partial charge in [0.2, 0.25) is 0 Å². The van der Waals surface area contributed by atoms with Crippen LogP contribution in [-0.4, -0.2) is 49.9 Å². The van der Waals surface area contributed by atoms with Gasteiger partial charge in [0.25, 0.3) is 11.8 Å². The second kappa shape index (κ2) is 7.94. The van der Waals surface area contributed by atoms with Crippen LogP contribution in [0.25, 0.3) is 0 Å². The molecule has 1 fully saturated rings. The Hall–Kier alpha value is -1.88. The molecule has 2 N–H and O–H groups in total. The van der Waals surface area contributed by atoms with Gasteiger partial charge in [0.1, 0.15) is 0 Å². The lowest BCUT2D eigenvalue weighted by atomic mass is 10.0. The van der Waals surface area contributed by atoms with Gasteiger partial charge in [-0.1, -0.05) is 6.07 Å². The molecule has 1 unspecified atom stereocenters. The van der Waals surface area contributed by atoms with Crippen LogP contribution in [0.3, 0.4) is 0 Å². The third kappa shape index (κ3) is 4.31. The van der Waals surface area contributed by atoms with E-state index in [0.29, 0.717) is 30.1 Å². The van der Waals surface area contributed by atoms with E-state index in [0.717, 1.165) is 19.5 Å². The van der Waals surface area contributed by atoms with Gasteiger partial charge in [-0.05, 0) is 57.0 Å². The Labute approximate surface area is 132 Å². The van der Waals surface area contributed by atoms with Crippen molar-refractivity contribution in [1.29, 1.82) is 0 Å². The van der Waals surface area contributed by atoms with Crippen LogP contribution in [0, 0.1) is 5.92 Å². The van der Waals surface area contributed by atoms with Gasteiger partial charge in [-0.15, -0.1) is 0 Å². The molecule has 5 heteroatoms. The first-order chi connectivity index (χ1) is 10.6. The molecule has 22 heavy (non-hydrogen) atoms. The van der Waals surface area contributed by atoms with Gasteiger partial charge in [-0.25, -0.2) is 0 Å². The summed E-state index contributed by atoms with van der Waals surface area (Å²) in [4.78, 5) is 25.9. The van der Waals surface area contributed by atoms with Gasteiger partial charge in [0, 0.05) is 31.3 Å². The molecule has 2 amide bonds. The average molecular weight is 303 g/mol. The van der Waals surface area contributed by atoms with Gasteiger partial charge in [0.15, 0.2) is 0 Å². The summed E-state index contributed by atoms with van der Waals surface area (Å²) in [6, 6.07) is 6.91. The summed E-state index contributed by atoms with van der Waals surface area (Å²) in [5, 5.41) is 6.27. The first kappa shape index (κ1) is 16.5. The van der Waals surface area contributed by atoms with Crippen molar-refractivity contribution >= 4 is 11.8 Å². The summed E-state index contributed by atoms with van der Waals surface area (Å²) in [7, 11) is 1.75. The molecule has 0 spiro atoms. The average Bonchev–Trinajstić information content (AvgIpc) is 3.06. The van der Waals surface area contributed by atoms with Crippen molar-refractivity contribution in [1.82, 2.24) is 15.5 Å². The molecule has 1 aromatic carbocycles. The second-order valence-corrected chi connectivity index (χ2v) is 5.80. The first-order valence-corrected chi connectivity index (χ1v) is 7.96. The number of carbonyl (C=O) groups is 2. The van der Waals surface area contributed by atoms with Crippen LogP contribution in [-0.2, 0) is 0 Å². The molecule has 1 aromatic rings. The second-order valence-electron chi connectivity index (χ2n) is 5.80. The molecule has 1 atom stereocenters. The maximum Gasteiger partial charge on any atom is 0.253 e. The molecule has 0 radical (unpaired) electrons. The maximum absolute atomic E-state index is 12.2. The maximum atomic E-state index is 12.2. The monoisotopic (exact) mass is 303 g/mol. The Kier molecular flexibility index (Phi) is 5.95. The van der Waals surface area contributed by atoms with E-state index >= 15 is 0 Å². The Morgan fingerprint density at radius 3 is 2.82 bits per heavy atom. The van der Waals surface area contributed by atoms with Crippen LogP contribution >= 0.6 is 0 Å². The van der Waals surface area contributed by atoms with E-state index in [1.165, 1.54) is 6.42 Å². The molecule has 2 rings (SSSR count). The molecule has 1 aliphatic heterocycles. The highest BCUT2D eigenvalue weighted by Crippen LogP contribution is 2.11. The third-order valence-corrected chi connectivity index (χ3v) is 4.19. The van der Waals surface area contributed by atoms with Crippen molar-refractivity contribution in [2.45, 2.75) is 19.8 Å². The molecule has 0 bridgehead atoms. The van der Waals surface area contributed by atoms with E-state index < -0.39 is 0 Å². The molecule has 5 nitrogen and oxygen atoms in total. The van der Waals surface area contributed by atoms with Crippen LogP contribution in [0.2, 0.25) is 0 Å². The standard InChI is InChI=1S/C17H25N3O2/c1-3-20(2)17(22)15-6-4-5-14(11-15)16(21)19-10-8-13-7-9-18-12-13/h4-6,11,13,18H,3,7-10,12H2,1-2H3,(H,19,21). The summed E-state index contributed by atoms with van der Waals surface area (Å²) < 4.78 is 0. The summed E-state index contributed by atoms with van der Waals surface area (Å²) in [6.07, 6.45) is 2.18. The van der Waals surface area contributed by atoms with E-state index in [1.807, 2.05) is 6.92 Å². The Balaban J connectivity index is 1.90. The van der Waals surface area contributed by atoms with Gasteiger partial charge in [0.05, 0.1) is 0 Å². The minimum atomic E-state index is -0.111. The van der Waals surface area contributed by atoms with Gasteiger partial charge in [-0.3, -0.25) is 9.59 Å². The van der Waals surface area contributed by atoms with Crippen molar-refractivity contribution in [2.75, 3.05) is 33.2 Å². The molecular weight excluding hydrogens is 278 g/mol. The van der Waals surface area contributed by atoms with E-state index in [9.17, 15) is 9.59 Å². The number of hydrogen-bond acceptors (Lipinski definition) is 3. The van der Waals surface area contributed by atoms with E-state index in [4.69, 9.17) is 0 Å². The smallest absolute Gasteiger partial charge is 0.253 e. The largest absolute Gasteiger partial charge is 0.352 e. The zero-order valence-corrected chi connectivity index (χ0v) is 13.4. The number of amides is 2. The normalized spacial score (nSPS) is 17.3. The van der Waals surface area contributed by atoms with Crippen molar-refractivity contribution in [2.24, 2.45) is 5.92 Å². The summed E-state index contributed by atoms with van der Waals surface area (Å²) >= 11 is 0. The lowest BCUT2D eigenvalue weighted by Gasteiger charge is -2.15. The fourth-order valence-electron chi connectivity index (χ4n) is 2.61. The highest BCUT2D eigenvalue weighted by atomic mass is 16.2. The number of nitrogens with zero attached hydrogens (tertiary/aromatic N) is 1. The molecule has 1 aliphatic rings. The topological polar surface area (TPSA) is 61.4 Å². The number of nitrogens with one attached hydrogen (secondary N) is 2. The number of benzene rings is 1. The predicted molar refractivity (Wildman–Crippen MR) is 87.0 cm³/mol. The van der Waals surface area contributed by atoms with Crippen molar-refractivity contribution in [3.05, 3.63) is 35.4 Å². The van der Waals surface area contributed by atoms with Crippen LogP contribution < -0.4 is 10.6 Å². The fraction of sp³-hybridized carbons (Fsp3) is 0.529. The Bertz CT molecular complexity index is 524. The van der Waals surface area contributed by atoms with Gasteiger partial charge >= 0.3 is 0 Å². The first-order valence-electron chi connectivity index (χ1n) is 7.96. The van der Waals surface area contributed by atoms with E-state index in [2.05, 4.69) is 10.6 Å². The summed E-state index contributed by atoms with van der Waals surface area (Å²) in [6.45, 7) is 5.37. The van der Waals surface area contributed by atoms with Crippen LogP contribution in [0.4, 0.5) is 0 Å². The van der Waals surface area contributed by atoms with Crippen LogP contribution in [0.5, 0.6) is 0 Å². The summed E-state index contributed by atoms with van der Waals surface area (Å²) in [5.41, 5.74) is 1.09. The molecule has 0 aliphatic carbocycles. The number of hydrogen-bond donors (Lipinski definition) is 2. The van der Waals surface area contributed by atoms with Gasteiger partial charge < -0.3 is 15.5 Å². The predicted octanol–water partition coefficient (Wildman–Crippen LogP) is 1.51. The lowest BCUT2D eigenvalue weighted by Crippen LogP contribution is -2.28. The SMILES string of the molecule is CCN(C)C(=O)c1cccc(C(=O)NCCC2CCNC2)c1. The highest BCUT2D eigenvalue weighted by molar-refractivity contribution is 5.99. The quantitative estimate of drug-likeness (QED) is 0.837. The molecule has 120 valence electrons. The third-order valence-electron chi connectivity index (χ3n) is 4.19. The Morgan fingerprint density at radius 1 is 1.36 bits per heavy atom. The van der Waals surface area contributed by atoms with E-state index in [1.54, 1.807) is 36.2 Å². The van der Waals surface area contributed by atoms with Crippen molar-refractivity contribution in [3.8, 4) is 0 Å². The highest BCUT2D eigenvalue weighted by Gasteiger charge is 2.15. The number of rotatable bonds is 6. The van der Waals surface area contributed by atoms with Crippen molar-refractivity contribution < 1.29 is 9.59 Å². The molecule has 1 saturated heterocycles. The van der Waals surface area contributed by atoms with Crippen LogP contribution in [0.15, 0.2) is 24.3 Å². The minimum absolute atomic E-state index is 0.0609. The lowest BCUT2D eigenvalue weighted by molar-refractivity contribution is 0.0802. The number of carbonyl (C=O) groups excluding carboxylic acids is 2. The van der Waals surface area contributed by atoms with Crippen LogP contribution in [0.1, 0.15) is 40.5 Å². The molecular formula is C17H25N3O2. The summed E-state index contributed by atoms with van der Waals surface area (Å²) in [5.74, 6) is 0.486. The molecule has 1 heterocycles. The molecule has 0 saturated carbocycles. The molecule has 0 aromatic heterocycles. The van der Waals surface area contributed by atoms with Crippen molar-refractivity contribution in [3.63, 3.8) is 0 Å².